The van der Waals surface area contributed by atoms with Crippen LogP contribution in [0.15, 0.2) is 48.5 Å². The molecular weight excluding hydrogens is 334 g/mol. The van der Waals surface area contributed by atoms with Gasteiger partial charge in [0.2, 0.25) is 0 Å². The van der Waals surface area contributed by atoms with Crippen LogP contribution in [0.25, 0.3) is 11.1 Å². The molecule has 2 aromatic carbocycles. The van der Waals surface area contributed by atoms with E-state index in [2.05, 4.69) is 67.3 Å². The molecule has 3 heteroatoms. The summed E-state index contributed by atoms with van der Waals surface area (Å²) in [4.78, 5) is 2.49. The summed E-state index contributed by atoms with van der Waals surface area (Å²) in [7, 11) is 0. The fourth-order valence-electron chi connectivity index (χ4n) is 3.54. The lowest BCUT2D eigenvalue weighted by Crippen LogP contribution is -2.36. The highest BCUT2D eigenvalue weighted by atomic mass is 16.5. The fraction of sp³-hybridized carbons (Fsp3) is 0.500. The maximum absolute atomic E-state index is 6.27. The van der Waals surface area contributed by atoms with Crippen LogP contribution >= 0.6 is 0 Å². The SMILES string of the molecule is CCC(C)c1ccc(-c2ccccc2)cc1OCCCCN1CCOCC1. The molecule has 0 aromatic heterocycles. The van der Waals surface area contributed by atoms with Gasteiger partial charge in [0.1, 0.15) is 5.75 Å². The zero-order valence-electron chi connectivity index (χ0n) is 16.8. The van der Waals surface area contributed by atoms with Crippen LogP contribution in [-0.4, -0.2) is 44.4 Å². The number of rotatable bonds is 9. The van der Waals surface area contributed by atoms with Crippen LogP contribution in [0.2, 0.25) is 0 Å². The van der Waals surface area contributed by atoms with Gasteiger partial charge in [-0.25, -0.2) is 0 Å². The van der Waals surface area contributed by atoms with Gasteiger partial charge in [-0.05, 0) is 54.5 Å². The second-order valence-corrected chi connectivity index (χ2v) is 7.44. The van der Waals surface area contributed by atoms with Crippen molar-refractivity contribution in [1.82, 2.24) is 4.90 Å². The van der Waals surface area contributed by atoms with Crippen LogP contribution in [0.5, 0.6) is 5.75 Å². The number of hydrogen-bond acceptors (Lipinski definition) is 3. The lowest BCUT2D eigenvalue weighted by Gasteiger charge is -2.26. The number of nitrogens with zero attached hydrogens (tertiary/aromatic N) is 1. The van der Waals surface area contributed by atoms with Gasteiger partial charge in [-0.3, -0.25) is 4.90 Å². The van der Waals surface area contributed by atoms with Gasteiger partial charge < -0.3 is 9.47 Å². The molecule has 2 aromatic rings. The van der Waals surface area contributed by atoms with Gasteiger partial charge >= 0.3 is 0 Å². The highest BCUT2D eigenvalue weighted by molar-refractivity contribution is 5.66. The van der Waals surface area contributed by atoms with Gasteiger partial charge in [-0.15, -0.1) is 0 Å². The van der Waals surface area contributed by atoms with E-state index < -0.39 is 0 Å². The average Bonchev–Trinajstić information content (AvgIpc) is 2.74. The third-order valence-electron chi connectivity index (χ3n) is 5.49. The highest BCUT2D eigenvalue weighted by Crippen LogP contribution is 2.33. The molecule has 3 nitrogen and oxygen atoms in total. The van der Waals surface area contributed by atoms with Gasteiger partial charge in [0.05, 0.1) is 19.8 Å². The Morgan fingerprint density at radius 1 is 1.00 bits per heavy atom. The Bertz CT molecular complexity index is 680. The topological polar surface area (TPSA) is 21.7 Å². The average molecular weight is 368 g/mol. The second kappa shape index (κ2) is 10.5. The van der Waals surface area contributed by atoms with E-state index in [-0.39, 0.29) is 0 Å². The first-order valence-corrected chi connectivity index (χ1v) is 10.4. The Balaban J connectivity index is 1.59. The maximum atomic E-state index is 6.27. The molecule has 0 bridgehead atoms. The molecule has 1 heterocycles. The van der Waals surface area contributed by atoms with Crippen molar-refractivity contribution < 1.29 is 9.47 Å². The Kier molecular flexibility index (Phi) is 7.73. The lowest BCUT2D eigenvalue weighted by molar-refractivity contribution is 0.0368. The summed E-state index contributed by atoms with van der Waals surface area (Å²) in [5.41, 5.74) is 3.79. The maximum Gasteiger partial charge on any atom is 0.123 e. The minimum absolute atomic E-state index is 0.512. The summed E-state index contributed by atoms with van der Waals surface area (Å²) in [6.07, 6.45) is 3.39. The molecule has 0 spiro atoms. The third kappa shape index (κ3) is 5.82. The molecule has 0 aliphatic carbocycles. The molecule has 1 fully saturated rings. The quantitative estimate of drug-likeness (QED) is 0.557. The van der Waals surface area contributed by atoms with Gasteiger partial charge in [0, 0.05) is 13.1 Å². The van der Waals surface area contributed by atoms with Crippen molar-refractivity contribution in [3.05, 3.63) is 54.1 Å². The van der Waals surface area contributed by atoms with Crippen LogP contribution < -0.4 is 4.74 Å². The summed E-state index contributed by atoms with van der Waals surface area (Å²) in [6, 6.07) is 17.2. The Morgan fingerprint density at radius 3 is 2.52 bits per heavy atom. The molecule has 1 saturated heterocycles. The van der Waals surface area contributed by atoms with Crippen molar-refractivity contribution in [2.75, 3.05) is 39.5 Å². The number of benzene rings is 2. The van der Waals surface area contributed by atoms with E-state index in [1.54, 1.807) is 0 Å². The molecular formula is C24H33NO2. The van der Waals surface area contributed by atoms with Crippen molar-refractivity contribution in [3.8, 4) is 16.9 Å². The minimum Gasteiger partial charge on any atom is -0.493 e. The first-order chi connectivity index (χ1) is 13.3. The molecule has 0 N–H and O–H groups in total. The normalized spacial score (nSPS) is 16.2. The number of ether oxygens (including phenoxy) is 2. The van der Waals surface area contributed by atoms with Crippen LogP contribution in [0.3, 0.4) is 0 Å². The van der Waals surface area contributed by atoms with Crippen molar-refractivity contribution in [3.63, 3.8) is 0 Å². The van der Waals surface area contributed by atoms with Crippen LogP contribution in [0.1, 0.15) is 44.6 Å². The lowest BCUT2D eigenvalue weighted by atomic mass is 9.94. The molecule has 0 saturated carbocycles. The monoisotopic (exact) mass is 367 g/mol. The Labute approximate surface area is 164 Å². The van der Waals surface area contributed by atoms with Gasteiger partial charge in [0.25, 0.3) is 0 Å². The van der Waals surface area contributed by atoms with Crippen LogP contribution in [0, 0.1) is 0 Å². The smallest absolute Gasteiger partial charge is 0.123 e. The molecule has 0 amide bonds. The largest absolute Gasteiger partial charge is 0.493 e. The molecule has 146 valence electrons. The molecule has 0 radical (unpaired) electrons. The van der Waals surface area contributed by atoms with E-state index in [1.807, 2.05) is 0 Å². The van der Waals surface area contributed by atoms with E-state index in [9.17, 15) is 0 Å². The van der Waals surface area contributed by atoms with E-state index in [4.69, 9.17) is 9.47 Å². The molecule has 27 heavy (non-hydrogen) atoms. The number of hydrogen-bond donors (Lipinski definition) is 0. The Hall–Kier alpha value is -1.84. The summed E-state index contributed by atoms with van der Waals surface area (Å²) in [5, 5.41) is 0. The van der Waals surface area contributed by atoms with Crippen LogP contribution in [0.4, 0.5) is 0 Å². The third-order valence-corrected chi connectivity index (χ3v) is 5.49. The van der Waals surface area contributed by atoms with Crippen molar-refractivity contribution in [2.24, 2.45) is 0 Å². The summed E-state index contributed by atoms with van der Waals surface area (Å²) in [6.45, 7) is 10.3. The molecule has 1 aliphatic rings. The molecule has 1 unspecified atom stereocenters. The predicted octanol–water partition coefficient (Wildman–Crippen LogP) is 5.36. The van der Waals surface area contributed by atoms with Crippen LogP contribution in [-0.2, 0) is 4.74 Å². The Morgan fingerprint density at radius 2 is 1.78 bits per heavy atom. The summed E-state index contributed by atoms with van der Waals surface area (Å²) < 4.78 is 11.7. The predicted molar refractivity (Wildman–Crippen MR) is 113 cm³/mol. The van der Waals surface area contributed by atoms with Crippen molar-refractivity contribution in [1.29, 1.82) is 0 Å². The summed E-state index contributed by atoms with van der Waals surface area (Å²) >= 11 is 0. The van der Waals surface area contributed by atoms with E-state index in [0.29, 0.717) is 5.92 Å². The number of unbranched alkanes of at least 4 members (excludes halogenated alkanes) is 1. The second-order valence-electron chi connectivity index (χ2n) is 7.44. The standard InChI is InChI=1S/C24H33NO2/c1-3-20(2)23-12-11-22(21-9-5-4-6-10-21)19-24(23)27-16-8-7-13-25-14-17-26-18-15-25/h4-6,9-12,19-20H,3,7-8,13-18H2,1-2H3. The zero-order valence-corrected chi connectivity index (χ0v) is 16.8. The van der Waals surface area contributed by atoms with E-state index in [0.717, 1.165) is 58.0 Å². The molecule has 3 rings (SSSR count). The zero-order chi connectivity index (χ0) is 18.9. The number of morpholine rings is 1. The molecule has 1 aliphatic heterocycles. The van der Waals surface area contributed by atoms with Gasteiger partial charge in [-0.1, -0.05) is 56.3 Å². The molecule has 1 atom stereocenters. The van der Waals surface area contributed by atoms with Crippen molar-refractivity contribution >= 4 is 0 Å². The fourth-order valence-corrected chi connectivity index (χ4v) is 3.54. The van der Waals surface area contributed by atoms with E-state index >= 15 is 0 Å². The first-order valence-electron chi connectivity index (χ1n) is 10.4. The van der Waals surface area contributed by atoms with E-state index in [1.165, 1.54) is 23.1 Å². The summed E-state index contributed by atoms with van der Waals surface area (Å²) in [5.74, 6) is 1.57. The minimum atomic E-state index is 0.512. The first kappa shape index (κ1) is 19.9. The van der Waals surface area contributed by atoms with Gasteiger partial charge in [0.15, 0.2) is 0 Å². The highest BCUT2D eigenvalue weighted by Gasteiger charge is 2.13. The van der Waals surface area contributed by atoms with Gasteiger partial charge in [-0.2, -0.15) is 0 Å². The van der Waals surface area contributed by atoms with Crippen molar-refractivity contribution in [2.45, 2.75) is 39.0 Å².